The molecule has 4 rings (SSSR count). The number of piperidine rings is 1. The number of nitrogens with zero attached hydrogens (tertiary/aromatic N) is 3. The van der Waals surface area contributed by atoms with E-state index in [1.165, 1.54) is 17.5 Å². The maximum Gasteiger partial charge on any atom is 0.248 e. The number of amides is 1. The Balaban J connectivity index is 1.42. The molecular formula is C21H29N3O2S. The SMILES string of the molecule is COCC(=O)N1CCCCCC1C1CCN(c2nc3ccccc3s2)CC1. The van der Waals surface area contributed by atoms with E-state index in [2.05, 4.69) is 34.1 Å². The number of fused-ring (bicyclic) bond motifs is 1. The highest BCUT2D eigenvalue weighted by Crippen LogP contribution is 2.34. The molecule has 5 nitrogen and oxygen atoms in total. The van der Waals surface area contributed by atoms with Gasteiger partial charge in [0.05, 0.1) is 10.2 Å². The lowest BCUT2D eigenvalue weighted by molar-refractivity contribution is -0.138. The fourth-order valence-corrected chi connectivity index (χ4v) is 5.63. The van der Waals surface area contributed by atoms with Crippen LogP contribution in [-0.2, 0) is 9.53 Å². The first-order valence-electron chi connectivity index (χ1n) is 10.1. The molecule has 1 aromatic carbocycles. The zero-order valence-electron chi connectivity index (χ0n) is 16.1. The van der Waals surface area contributed by atoms with E-state index in [9.17, 15) is 4.79 Å². The fourth-order valence-electron chi connectivity index (χ4n) is 4.61. The number of carbonyl (C=O) groups excluding carboxylic acids is 1. The van der Waals surface area contributed by atoms with Gasteiger partial charge in [-0.3, -0.25) is 4.79 Å². The van der Waals surface area contributed by atoms with Crippen molar-refractivity contribution in [3.8, 4) is 0 Å². The van der Waals surface area contributed by atoms with Crippen LogP contribution in [0.3, 0.4) is 0 Å². The van der Waals surface area contributed by atoms with Crippen LogP contribution in [0.4, 0.5) is 5.13 Å². The molecule has 0 aliphatic carbocycles. The van der Waals surface area contributed by atoms with Crippen LogP contribution in [0.1, 0.15) is 38.5 Å². The second-order valence-electron chi connectivity index (χ2n) is 7.73. The van der Waals surface area contributed by atoms with E-state index in [0.29, 0.717) is 12.0 Å². The summed E-state index contributed by atoms with van der Waals surface area (Å²) in [6.07, 6.45) is 7.00. The number of hydrogen-bond acceptors (Lipinski definition) is 5. The van der Waals surface area contributed by atoms with Crippen molar-refractivity contribution in [3.63, 3.8) is 0 Å². The van der Waals surface area contributed by atoms with Gasteiger partial charge < -0.3 is 14.5 Å². The molecule has 2 aliphatic rings. The molecule has 3 heterocycles. The number of thiazole rings is 1. The Kier molecular flexibility index (Phi) is 5.93. The molecule has 2 aliphatic heterocycles. The summed E-state index contributed by atoms with van der Waals surface area (Å²) in [6, 6.07) is 8.75. The highest BCUT2D eigenvalue weighted by atomic mass is 32.1. The average molecular weight is 388 g/mol. The van der Waals surface area contributed by atoms with Crippen LogP contribution in [0.25, 0.3) is 10.2 Å². The van der Waals surface area contributed by atoms with Crippen LogP contribution in [0.2, 0.25) is 0 Å². The van der Waals surface area contributed by atoms with E-state index in [0.717, 1.165) is 56.0 Å². The molecule has 6 heteroatoms. The zero-order chi connectivity index (χ0) is 18.6. The minimum atomic E-state index is 0.165. The van der Waals surface area contributed by atoms with Crippen LogP contribution < -0.4 is 4.90 Å². The molecule has 2 fully saturated rings. The predicted molar refractivity (Wildman–Crippen MR) is 110 cm³/mol. The van der Waals surface area contributed by atoms with Crippen molar-refractivity contribution in [2.45, 2.75) is 44.6 Å². The maximum absolute atomic E-state index is 12.6. The molecule has 27 heavy (non-hydrogen) atoms. The van der Waals surface area contributed by atoms with Crippen molar-refractivity contribution in [1.82, 2.24) is 9.88 Å². The third-order valence-electron chi connectivity index (χ3n) is 6.02. The lowest BCUT2D eigenvalue weighted by Crippen LogP contribution is -2.48. The molecule has 1 aromatic heterocycles. The number of likely N-dealkylation sites (tertiary alicyclic amines) is 1. The third-order valence-corrected chi connectivity index (χ3v) is 7.12. The van der Waals surface area contributed by atoms with Gasteiger partial charge in [-0.25, -0.2) is 4.98 Å². The summed E-state index contributed by atoms with van der Waals surface area (Å²) in [6.45, 7) is 3.17. The van der Waals surface area contributed by atoms with Crippen LogP contribution in [-0.4, -0.2) is 55.2 Å². The zero-order valence-corrected chi connectivity index (χ0v) is 16.9. The molecule has 1 amide bonds. The van der Waals surface area contributed by atoms with Gasteiger partial charge >= 0.3 is 0 Å². The lowest BCUT2D eigenvalue weighted by atomic mass is 9.86. The summed E-state index contributed by atoms with van der Waals surface area (Å²) in [5, 5.41) is 1.14. The summed E-state index contributed by atoms with van der Waals surface area (Å²) in [5.74, 6) is 0.757. The molecule has 2 saturated heterocycles. The van der Waals surface area contributed by atoms with E-state index in [1.54, 1.807) is 18.4 Å². The van der Waals surface area contributed by atoms with Crippen molar-refractivity contribution >= 4 is 32.6 Å². The molecule has 0 radical (unpaired) electrons. The van der Waals surface area contributed by atoms with Crippen molar-refractivity contribution in [2.75, 3.05) is 38.3 Å². The van der Waals surface area contributed by atoms with Gasteiger partial charge in [-0.05, 0) is 43.7 Å². The van der Waals surface area contributed by atoms with Gasteiger partial charge in [-0.15, -0.1) is 0 Å². The topological polar surface area (TPSA) is 45.7 Å². The fraction of sp³-hybridized carbons (Fsp3) is 0.619. The standard InChI is InChI=1S/C21H29N3O2S/c1-26-15-20(25)24-12-6-2-3-8-18(24)16-10-13-23(14-11-16)21-22-17-7-4-5-9-19(17)27-21/h4-5,7,9,16,18H,2-3,6,8,10-15H2,1H3. The number of carbonyl (C=O) groups is 1. The Morgan fingerprint density at radius 2 is 1.96 bits per heavy atom. The lowest BCUT2D eigenvalue weighted by Gasteiger charge is -2.40. The summed E-state index contributed by atoms with van der Waals surface area (Å²) in [4.78, 5) is 22.0. The first kappa shape index (κ1) is 18.7. The van der Waals surface area contributed by atoms with Crippen molar-refractivity contribution in [3.05, 3.63) is 24.3 Å². The average Bonchev–Trinajstić information content (AvgIpc) is 2.98. The molecule has 2 aromatic rings. The number of hydrogen-bond donors (Lipinski definition) is 0. The van der Waals surface area contributed by atoms with E-state index in [1.807, 2.05) is 0 Å². The number of para-hydroxylation sites is 1. The van der Waals surface area contributed by atoms with Gasteiger partial charge in [0.15, 0.2) is 5.13 Å². The Morgan fingerprint density at radius 1 is 1.15 bits per heavy atom. The number of ether oxygens (including phenoxy) is 1. The first-order chi connectivity index (χ1) is 13.3. The van der Waals surface area contributed by atoms with E-state index < -0.39 is 0 Å². The molecule has 0 spiro atoms. The molecule has 0 bridgehead atoms. The molecule has 146 valence electrons. The van der Waals surface area contributed by atoms with E-state index >= 15 is 0 Å². The largest absolute Gasteiger partial charge is 0.375 e. The number of anilines is 1. The number of methoxy groups -OCH3 is 1. The van der Waals surface area contributed by atoms with E-state index in [4.69, 9.17) is 9.72 Å². The van der Waals surface area contributed by atoms with Crippen molar-refractivity contribution in [1.29, 1.82) is 0 Å². The first-order valence-corrected chi connectivity index (χ1v) is 11.0. The van der Waals surface area contributed by atoms with Crippen molar-refractivity contribution < 1.29 is 9.53 Å². The predicted octanol–water partition coefficient (Wildman–Crippen LogP) is 3.93. The Morgan fingerprint density at radius 3 is 2.74 bits per heavy atom. The second-order valence-corrected chi connectivity index (χ2v) is 8.73. The van der Waals surface area contributed by atoms with Crippen LogP contribution >= 0.6 is 11.3 Å². The highest BCUT2D eigenvalue weighted by molar-refractivity contribution is 7.22. The number of benzene rings is 1. The minimum absolute atomic E-state index is 0.165. The van der Waals surface area contributed by atoms with Crippen LogP contribution in [0.5, 0.6) is 0 Å². The summed E-state index contributed by atoms with van der Waals surface area (Å²) >= 11 is 1.79. The maximum atomic E-state index is 12.6. The summed E-state index contributed by atoms with van der Waals surface area (Å²) in [5.41, 5.74) is 1.10. The van der Waals surface area contributed by atoms with Crippen molar-refractivity contribution in [2.24, 2.45) is 5.92 Å². The summed E-state index contributed by atoms with van der Waals surface area (Å²) in [7, 11) is 1.61. The van der Waals surface area contributed by atoms with Gasteiger partial charge in [-0.1, -0.05) is 36.3 Å². The van der Waals surface area contributed by atoms with Gasteiger partial charge in [0.2, 0.25) is 5.91 Å². The third kappa shape index (κ3) is 4.11. The summed E-state index contributed by atoms with van der Waals surface area (Å²) < 4.78 is 6.39. The molecule has 0 saturated carbocycles. The quantitative estimate of drug-likeness (QED) is 0.797. The minimum Gasteiger partial charge on any atom is -0.375 e. The Bertz CT molecular complexity index is 737. The monoisotopic (exact) mass is 387 g/mol. The highest BCUT2D eigenvalue weighted by Gasteiger charge is 2.34. The second kappa shape index (κ2) is 8.57. The van der Waals surface area contributed by atoms with E-state index in [-0.39, 0.29) is 12.5 Å². The van der Waals surface area contributed by atoms with Crippen LogP contribution in [0.15, 0.2) is 24.3 Å². The molecule has 0 N–H and O–H groups in total. The van der Waals surface area contributed by atoms with Gasteiger partial charge in [0.25, 0.3) is 0 Å². The Hall–Kier alpha value is -1.66. The van der Waals surface area contributed by atoms with Gasteiger partial charge in [0.1, 0.15) is 6.61 Å². The number of rotatable bonds is 4. The normalized spacial score (nSPS) is 22.2. The number of aromatic nitrogens is 1. The molecule has 1 atom stereocenters. The molecular weight excluding hydrogens is 358 g/mol. The molecule has 1 unspecified atom stereocenters. The smallest absolute Gasteiger partial charge is 0.248 e. The van der Waals surface area contributed by atoms with Gasteiger partial charge in [0, 0.05) is 32.8 Å². The van der Waals surface area contributed by atoms with Crippen LogP contribution in [0, 0.1) is 5.92 Å². The van der Waals surface area contributed by atoms with Gasteiger partial charge in [-0.2, -0.15) is 0 Å². The Labute approximate surface area is 165 Å².